The highest BCUT2D eigenvalue weighted by Gasteiger charge is 2.23. The summed E-state index contributed by atoms with van der Waals surface area (Å²) in [5, 5.41) is 6.94. The van der Waals surface area contributed by atoms with E-state index >= 15 is 0 Å². The number of para-hydroxylation sites is 1. The van der Waals surface area contributed by atoms with E-state index in [1.807, 2.05) is 0 Å². The van der Waals surface area contributed by atoms with Crippen LogP contribution >= 0.6 is 0 Å². The molecular weight excluding hydrogens is 703 g/mol. The van der Waals surface area contributed by atoms with E-state index in [2.05, 4.69) is 229 Å². The minimum absolute atomic E-state index is 0.888. The van der Waals surface area contributed by atoms with Crippen LogP contribution < -0.4 is 4.90 Å². The second-order valence-corrected chi connectivity index (χ2v) is 14.9. The normalized spacial score (nSPS) is 11.4. The lowest BCUT2D eigenvalue weighted by Crippen LogP contribution is -2.09. The Balaban J connectivity index is 1.11. The number of rotatable bonds is 7. The maximum absolute atomic E-state index is 6.74. The van der Waals surface area contributed by atoms with E-state index in [-0.39, 0.29) is 0 Å². The Morgan fingerprint density at radius 3 is 1.40 bits per heavy atom. The van der Waals surface area contributed by atoms with Gasteiger partial charge >= 0.3 is 0 Å². The van der Waals surface area contributed by atoms with E-state index in [1.165, 1.54) is 49.7 Å². The fourth-order valence-corrected chi connectivity index (χ4v) is 8.66. The van der Waals surface area contributed by atoms with Crippen LogP contribution in [0.25, 0.3) is 88.0 Å². The van der Waals surface area contributed by atoms with Crippen LogP contribution in [0.15, 0.2) is 229 Å². The Hall–Kier alpha value is -7.68. The number of fused-ring (bicyclic) bond motifs is 6. The number of benzene rings is 10. The highest BCUT2D eigenvalue weighted by Crippen LogP contribution is 2.49. The predicted octanol–water partition coefficient (Wildman–Crippen LogP) is 16.0. The molecule has 2 heteroatoms. The van der Waals surface area contributed by atoms with Gasteiger partial charge in [-0.3, -0.25) is 0 Å². The van der Waals surface area contributed by atoms with E-state index in [0.29, 0.717) is 0 Å². The van der Waals surface area contributed by atoms with E-state index < -0.39 is 0 Å². The van der Waals surface area contributed by atoms with Crippen molar-refractivity contribution in [3.8, 4) is 44.5 Å². The van der Waals surface area contributed by atoms with Crippen LogP contribution in [0.5, 0.6) is 0 Å². The lowest BCUT2D eigenvalue weighted by Gasteiger charge is -2.26. The van der Waals surface area contributed by atoms with Crippen LogP contribution in [0.3, 0.4) is 0 Å². The molecule has 0 N–H and O–H groups in total. The van der Waals surface area contributed by atoms with Crippen molar-refractivity contribution in [1.29, 1.82) is 0 Å². The molecule has 0 unspecified atom stereocenters. The van der Waals surface area contributed by atoms with E-state index in [9.17, 15) is 0 Å². The fraction of sp³-hybridized carbons (Fsp3) is 0. The van der Waals surface area contributed by atoms with Gasteiger partial charge in [-0.1, -0.05) is 182 Å². The first-order valence-corrected chi connectivity index (χ1v) is 19.8. The minimum Gasteiger partial charge on any atom is -0.455 e. The van der Waals surface area contributed by atoms with Crippen LogP contribution in [0.2, 0.25) is 0 Å². The lowest BCUT2D eigenvalue weighted by atomic mass is 9.86. The molecule has 0 aliphatic rings. The summed E-state index contributed by atoms with van der Waals surface area (Å²) in [4.78, 5) is 2.36. The molecule has 0 bridgehead atoms. The van der Waals surface area contributed by atoms with E-state index in [0.717, 1.165) is 55.3 Å². The standard InChI is InChI=1S/C56H37NO/c1-3-13-38(14-4-1)41-23-25-43(26-24-41)53-49-19-9-10-20-50(49)56-55(51-21-11-12-22-52(51)58-56)54(53)44-30-34-47(35-31-44)57(48-36-29-40-17-7-8-18-45(40)37-48)46-32-27-42(28-33-46)39-15-5-2-6-16-39/h1-37H. The molecule has 1 aromatic heterocycles. The summed E-state index contributed by atoms with van der Waals surface area (Å²) >= 11 is 0. The Morgan fingerprint density at radius 2 is 0.741 bits per heavy atom. The molecule has 0 aliphatic carbocycles. The van der Waals surface area contributed by atoms with Gasteiger partial charge in [0.05, 0.1) is 0 Å². The number of hydrogen-bond acceptors (Lipinski definition) is 2. The summed E-state index contributed by atoms with van der Waals surface area (Å²) in [5.41, 5.74) is 14.5. The molecule has 0 radical (unpaired) electrons. The average molecular weight is 740 g/mol. The van der Waals surface area contributed by atoms with Crippen molar-refractivity contribution in [3.63, 3.8) is 0 Å². The first kappa shape index (κ1) is 33.6. The maximum Gasteiger partial charge on any atom is 0.143 e. The van der Waals surface area contributed by atoms with Gasteiger partial charge in [0.2, 0.25) is 0 Å². The first-order valence-electron chi connectivity index (χ1n) is 19.8. The van der Waals surface area contributed by atoms with Crippen LogP contribution in [0.4, 0.5) is 17.1 Å². The van der Waals surface area contributed by atoms with E-state index in [4.69, 9.17) is 4.42 Å². The SMILES string of the molecule is c1ccc(-c2ccc(-c3c(-c4ccc(N(c5ccc(-c6ccccc6)cc5)c5ccc6ccccc6c5)cc4)c4c5ccccc5oc4c4ccccc34)cc2)cc1. The summed E-state index contributed by atoms with van der Waals surface area (Å²) in [7, 11) is 0. The van der Waals surface area contributed by atoms with Crippen LogP contribution in [-0.2, 0) is 0 Å². The maximum atomic E-state index is 6.74. The Kier molecular flexibility index (Phi) is 8.19. The van der Waals surface area contributed by atoms with Crippen molar-refractivity contribution in [1.82, 2.24) is 0 Å². The molecule has 0 amide bonds. The van der Waals surface area contributed by atoms with E-state index in [1.54, 1.807) is 0 Å². The van der Waals surface area contributed by atoms with Gasteiger partial charge in [0.15, 0.2) is 0 Å². The summed E-state index contributed by atoms with van der Waals surface area (Å²) in [5.74, 6) is 0. The monoisotopic (exact) mass is 739 g/mol. The smallest absolute Gasteiger partial charge is 0.143 e. The zero-order valence-electron chi connectivity index (χ0n) is 31.7. The molecular formula is C56H37NO. The topological polar surface area (TPSA) is 16.4 Å². The van der Waals surface area contributed by atoms with Gasteiger partial charge in [0.1, 0.15) is 11.2 Å². The van der Waals surface area contributed by atoms with Gasteiger partial charge in [-0.25, -0.2) is 0 Å². The van der Waals surface area contributed by atoms with Crippen LogP contribution in [-0.4, -0.2) is 0 Å². The molecule has 11 aromatic rings. The predicted molar refractivity (Wildman–Crippen MR) is 245 cm³/mol. The quantitative estimate of drug-likeness (QED) is 0.162. The van der Waals surface area contributed by atoms with Gasteiger partial charge in [-0.15, -0.1) is 0 Å². The zero-order valence-corrected chi connectivity index (χ0v) is 31.7. The van der Waals surface area contributed by atoms with Crippen LogP contribution in [0, 0.1) is 0 Å². The average Bonchev–Trinajstić information content (AvgIpc) is 3.70. The Bertz CT molecular complexity index is 3240. The third kappa shape index (κ3) is 5.82. The second kappa shape index (κ2) is 14.1. The summed E-state index contributed by atoms with van der Waals surface area (Å²) in [6.07, 6.45) is 0. The molecule has 2 nitrogen and oxygen atoms in total. The molecule has 1 heterocycles. The Labute approximate surface area is 337 Å². The van der Waals surface area contributed by atoms with Crippen molar-refractivity contribution in [2.45, 2.75) is 0 Å². The van der Waals surface area contributed by atoms with Gasteiger partial charge in [0, 0.05) is 38.8 Å². The fourth-order valence-electron chi connectivity index (χ4n) is 8.66. The number of hydrogen-bond donors (Lipinski definition) is 0. The lowest BCUT2D eigenvalue weighted by molar-refractivity contribution is 0.673. The van der Waals surface area contributed by atoms with Crippen molar-refractivity contribution in [2.24, 2.45) is 0 Å². The number of anilines is 3. The molecule has 11 rings (SSSR count). The molecule has 0 spiro atoms. The molecule has 0 fully saturated rings. The Morgan fingerprint density at radius 1 is 0.293 bits per heavy atom. The van der Waals surface area contributed by atoms with Gasteiger partial charge < -0.3 is 9.32 Å². The zero-order chi connectivity index (χ0) is 38.4. The van der Waals surface area contributed by atoms with Gasteiger partial charge in [-0.2, -0.15) is 0 Å². The summed E-state index contributed by atoms with van der Waals surface area (Å²) in [6.45, 7) is 0. The summed E-state index contributed by atoms with van der Waals surface area (Å²) < 4.78 is 6.74. The summed E-state index contributed by atoms with van der Waals surface area (Å²) in [6, 6.07) is 80.6. The van der Waals surface area contributed by atoms with Crippen molar-refractivity contribution >= 4 is 60.5 Å². The minimum atomic E-state index is 0.888. The van der Waals surface area contributed by atoms with Gasteiger partial charge in [-0.05, 0) is 97.6 Å². The van der Waals surface area contributed by atoms with Crippen molar-refractivity contribution < 1.29 is 4.42 Å². The third-order valence-electron chi connectivity index (χ3n) is 11.5. The first-order chi connectivity index (χ1) is 28.8. The molecule has 0 saturated carbocycles. The molecule has 0 saturated heterocycles. The number of nitrogens with zero attached hydrogens (tertiary/aromatic N) is 1. The molecule has 10 aromatic carbocycles. The van der Waals surface area contributed by atoms with Gasteiger partial charge in [0.25, 0.3) is 0 Å². The highest BCUT2D eigenvalue weighted by atomic mass is 16.3. The van der Waals surface area contributed by atoms with Crippen molar-refractivity contribution in [2.75, 3.05) is 4.90 Å². The second-order valence-electron chi connectivity index (χ2n) is 14.9. The molecule has 58 heavy (non-hydrogen) atoms. The molecule has 0 atom stereocenters. The largest absolute Gasteiger partial charge is 0.455 e. The van der Waals surface area contributed by atoms with Crippen LogP contribution in [0.1, 0.15) is 0 Å². The number of furan rings is 1. The molecule has 0 aliphatic heterocycles. The van der Waals surface area contributed by atoms with Crippen molar-refractivity contribution in [3.05, 3.63) is 224 Å². The third-order valence-corrected chi connectivity index (χ3v) is 11.5. The molecule has 272 valence electrons. The highest BCUT2D eigenvalue weighted by molar-refractivity contribution is 6.26.